The summed E-state index contributed by atoms with van der Waals surface area (Å²) in [5.74, 6) is 0.0968. The quantitative estimate of drug-likeness (QED) is 0.883. The van der Waals surface area contributed by atoms with E-state index in [9.17, 15) is 9.90 Å². The van der Waals surface area contributed by atoms with Gasteiger partial charge in [0.15, 0.2) is 0 Å². The van der Waals surface area contributed by atoms with Gasteiger partial charge in [0.2, 0.25) is 5.91 Å². The zero-order chi connectivity index (χ0) is 15.7. The van der Waals surface area contributed by atoms with Crippen LogP contribution in [0.5, 0.6) is 0 Å². The van der Waals surface area contributed by atoms with Crippen LogP contribution in [-0.4, -0.2) is 36.4 Å². The molecule has 0 spiro atoms. The van der Waals surface area contributed by atoms with Crippen molar-refractivity contribution < 1.29 is 14.6 Å². The van der Waals surface area contributed by atoms with Crippen LogP contribution in [0.15, 0.2) is 18.2 Å². The summed E-state index contributed by atoms with van der Waals surface area (Å²) < 4.78 is 5.23. The van der Waals surface area contributed by atoms with E-state index in [1.54, 1.807) is 6.07 Å². The molecular formula is C16H19Cl2NO3. The molecule has 1 aliphatic heterocycles. The summed E-state index contributed by atoms with van der Waals surface area (Å²) in [6.45, 7) is 1.37. The molecule has 2 N–H and O–H groups in total. The number of hydrogen-bond donors (Lipinski definition) is 2. The molecule has 2 unspecified atom stereocenters. The van der Waals surface area contributed by atoms with Gasteiger partial charge in [-0.15, -0.1) is 0 Å². The summed E-state index contributed by atoms with van der Waals surface area (Å²) in [6.07, 6.45) is 1.92. The van der Waals surface area contributed by atoms with E-state index in [-0.39, 0.29) is 24.3 Å². The van der Waals surface area contributed by atoms with Crippen molar-refractivity contribution in [2.45, 2.75) is 30.8 Å². The molecule has 1 saturated heterocycles. The zero-order valence-electron chi connectivity index (χ0n) is 12.1. The predicted octanol–water partition coefficient (Wildman–Crippen LogP) is 2.75. The lowest BCUT2D eigenvalue weighted by atomic mass is 9.94. The molecule has 2 fully saturated rings. The highest BCUT2D eigenvalue weighted by atomic mass is 35.5. The van der Waals surface area contributed by atoms with Crippen LogP contribution in [0.1, 0.15) is 30.7 Å². The Kier molecular flexibility index (Phi) is 4.64. The van der Waals surface area contributed by atoms with Crippen LogP contribution in [0.3, 0.4) is 0 Å². The van der Waals surface area contributed by atoms with Crippen LogP contribution >= 0.6 is 23.2 Å². The van der Waals surface area contributed by atoms with Crippen LogP contribution < -0.4 is 5.32 Å². The minimum Gasteiger partial charge on any atom is -0.388 e. The van der Waals surface area contributed by atoms with Crippen molar-refractivity contribution in [3.63, 3.8) is 0 Å². The normalized spacial score (nSPS) is 26.5. The first-order valence-corrected chi connectivity index (χ1v) is 8.26. The molecule has 3 rings (SSSR count). The average Bonchev–Trinajstić information content (AvgIpc) is 3.25. The first-order chi connectivity index (χ1) is 10.5. The van der Waals surface area contributed by atoms with Gasteiger partial charge >= 0.3 is 0 Å². The molecule has 1 heterocycles. The SMILES string of the molecule is O=C(NCC1(O)CCOCC1)C1CC1c1cc(Cl)cc(Cl)c1. The summed E-state index contributed by atoms with van der Waals surface area (Å²) in [4.78, 5) is 12.2. The fourth-order valence-corrected chi connectivity index (χ4v) is 3.50. The molecule has 2 atom stereocenters. The van der Waals surface area contributed by atoms with E-state index in [0.717, 1.165) is 12.0 Å². The predicted molar refractivity (Wildman–Crippen MR) is 85.3 cm³/mol. The van der Waals surface area contributed by atoms with Gasteiger partial charge in [0, 0.05) is 48.6 Å². The molecule has 0 radical (unpaired) electrons. The Hall–Kier alpha value is -0.810. The molecule has 1 saturated carbocycles. The average molecular weight is 344 g/mol. The largest absolute Gasteiger partial charge is 0.388 e. The molecule has 120 valence electrons. The van der Waals surface area contributed by atoms with E-state index in [2.05, 4.69) is 5.32 Å². The number of hydrogen-bond acceptors (Lipinski definition) is 3. The lowest BCUT2D eigenvalue weighted by Gasteiger charge is -2.32. The fourth-order valence-electron chi connectivity index (χ4n) is 2.95. The van der Waals surface area contributed by atoms with Crippen molar-refractivity contribution in [3.8, 4) is 0 Å². The highest BCUT2D eigenvalue weighted by Crippen LogP contribution is 2.48. The fraction of sp³-hybridized carbons (Fsp3) is 0.562. The van der Waals surface area contributed by atoms with E-state index in [4.69, 9.17) is 27.9 Å². The van der Waals surface area contributed by atoms with Gasteiger partial charge in [0.05, 0.1) is 5.60 Å². The topological polar surface area (TPSA) is 58.6 Å². The molecule has 1 aliphatic carbocycles. The van der Waals surface area contributed by atoms with Gasteiger partial charge in [0.25, 0.3) is 0 Å². The van der Waals surface area contributed by atoms with Gasteiger partial charge in [-0.05, 0) is 36.1 Å². The molecule has 1 aromatic carbocycles. The number of benzene rings is 1. The van der Waals surface area contributed by atoms with E-state index in [1.807, 2.05) is 12.1 Å². The number of halogens is 2. The summed E-state index contributed by atoms with van der Waals surface area (Å²) in [7, 11) is 0. The highest BCUT2D eigenvalue weighted by molar-refractivity contribution is 6.34. The third kappa shape index (κ3) is 3.74. The Bertz CT molecular complexity index is 552. The first kappa shape index (κ1) is 16.1. The minimum atomic E-state index is -0.836. The number of nitrogens with one attached hydrogen (secondary N) is 1. The van der Waals surface area contributed by atoms with E-state index in [1.165, 1.54) is 0 Å². The smallest absolute Gasteiger partial charge is 0.223 e. The summed E-state index contributed by atoms with van der Waals surface area (Å²) in [5, 5.41) is 14.4. The third-order valence-corrected chi connectivity index (χ3v) is 4.89. The maximum absolute atomic E-state index is 12.2. The maximum Gasteiger partial charge on any atom is 0.223 e. The number of amides is 1. The summed E-state index contributed by atoms with van der Waals surface area (Å²) in [5.41, 5.74) is 0.167. The molecule has 6 heteroatoms. The Balaban J connectivity index is 1.54. The number of carbonyl (C=O) groups is 1. The van der Waals surface area contributed by atoms with Gasteiger partial charge in [-0.3, -0.25) is 4.79 Å². The Morgan fingerprint density at radius 3 is 2.55 bits per heavy atom. The summed E-state index contributed by atoms with van der Waals surface area (Å²) >= 11 is 12.0. The molecule has 1 aromatic rings. The van der Waals surface area contributed by atoms with Crippen LogP contribution in [-0.2, 0) is 9.53 Å². The van der Waals surface area contributed by atoms with Crippen molar-refractivity contribution >= 4 is 29.1 Å². The number of aliphatic hydroxyl groups is 1. The highest BCUT2D eigenvalue weighted by Gasteiger charge is 2.44. The molecule has 2 aliphatic rings. The van der Waals surface area contributed by atoms with E-state index >= 15 is 0 Å². The van der Waals surface area contributed by atoms with Gasteiger partial charge in [-0.2, -0.15) is 0 Å². The zero-order valence-corrected chi connectivity index (χ0v) is 13.7. The third-order valence-electron chi connectivity index (χ3n) is 4.46. The second-order valence-electron chi connectivity index (χ2n) is 6.21. The monoisotopic (exact) mass is 343 g/mol. The second-order valence-corrected chi connectivity index (χ2v) is 7.08. The lowest BCUT2D eigenvalue weighted by molar-refractivity contribution is -0.125. The van der Waals surface area contributed by atoms with Crippen LogP contribution in [0.2, 0.25) is 10.0 Å². The number of carbonyl (C=O) groups excluding carboxylic acids is 1. The van der Waals surface area contributed by atoms with Gasteiger partial charge < -0.3 is 15.2 Å². The maximum atomic E-state index is 12.2. The molecule has 1 amide bonds. The molecule has 4 nitrogen and oxygen atoms in total. The van der Waals surface area contributed by atoms with Crippen molar-refractivity contribution in [3.05, 3.63) is 33.8 Å². The van der Waals surface area contributed by atoms with Crippen molar-refractivity contribution in [1.82, 2.24) is 5.32 Å². The van der Waals surface area contributed by atoms with Gasteiger partial charge in [-0.25, -0.2) is 0 Å². The molecule has 0 bridgehead atoms. The van der Waals surface area contributed by atoms with Crippen molar-refractivity contribution in [2.24, 2.45) is 5.92 Å². The van der Waals surface area contributed by atoms with Crippen molar-refractivity contribution in [1.29, 1.82) is 0 Å². The minimum absolute atomic E-state index is 0.0129. The lowest BCUT2D eigenvalue weighted by Crippen LogP contribution is -2.47. The standard InChI is InChI=1S/C16H19Cl2NO3/c17-11-5-10(6-12(18)7-11)13-8-14(13)15(20)19-9-16(21)1-3-22-4-2-16/h5-7,13-14,21H,1-4,8-9H2,(H,19,20). The van der Waals surface area contributed by atoms with Crippen molar-refractivity contribution in [2.75, 3.05) is 19.8 Å². The van der Waals surface area contributed by atoms with Crippen LogP contribution in [0.25, 0.3) is 0 Å². The van der Waals surface area contributed by atoms with Crippen LogP contribution in [0.4, 0.5) is 0 Å². The summed E-state index contributed by atoms with van der Waals surface area (Å²) in [6, 6.07) is 5.40. The number of rotatable bonds is 4. The Labute approximate surface area is 139 Å². The molecule has 22 heavy (non-hydrogen) atoms. The second kappa shape index (κ2) is 6.36. The Morgan fingerprint density at radius 2 is 1.91 bits per heavy atom. The number of ether oxygens (including phenoxy) is 1. The Morgan fingerprint density at radius 1 is 1.27 bits per heavy atom. The molecule has 0 aromatic heterocycles. The van der Waals surface area contributed by atoms with E-state index < -0.39 is 5.60 Å². The van der Waals surface area contributed by atoms with E-state index in [0.29, 0.717) is 36.1 Å². The van der Waals surface area contributed by atoms with Gasteiger partial charge in [-0.1, -0.05) is 23.2 Å². The molecular weight excluding hydrogens is 325 g/mol. The first-order valence-electron chi connectivity index (χ1n) is 7.51. The van der Waals surface area contributed by atoms with Crippen LogP contribution in [0, 0.1) is 5.92 Å². The van der Waals surface area contributed by atoms with Gasteiger partial charge in [0.1, 0.15) is 0 Å².